The van der Waals surface area contributed by atoms with Crippen molar-refractivity contribution >= 4 is 33.3 Å². The molecule has 1 fully saturated rings. The quantitative estimate of drug-likeness (QED) is 0.741. The highest BCUT2D eigenvalue weighted by atomic mass is 32.1. The number of hydrogen-bond donors (Lipinski definition) is 0. The molecule has 2 aromatic heterocycles. The van der Waals surface area contributed by atoms with Gasteiger partial charge in [0.25, 0.3) is 5.56 Å². The van der Waals surface area contributed by atoms with Gasteiger partial charge in [-0.1, -0.05) is 18.2 Å². The van der Waals surface area contributed by atoms with E-state index in [0.29, 0.717) is 23.3 Å². The minimum Gasteiger partial charge on any atom is -0.442 e. The van der Waals surface area contributed by atoms with Gasteiger partial charge in [0, 0.05) is 5.69 Å². The van der Waals surface area contributed by atoms with Crippen LogP contribution < -0.4 is 10.5 Å². The molecule has 116 valence electrons. The van der Waals surface area contributed by atoms with Crippen molar-refractivity contribution in [2.24, 2.45) is 0 Å². The molecule has 0 aliphatic carbocycles. The Morgan fingerprint density at radius 2 is 2.04 bits per heavy atom. The number of thiophene rings is 1. The van der Waals surface area contributed by atoms with Crippen LogP contribution in [-0.4, -0.2) is 28.3 Å². The molecule has 6 nitrogen and oxygen atoms in total. The molecule has 0 unspecified atom stereocenters. The molecule has 1 aliphatic heterocycles. The van der Waals surface area contributed by atoms with Crippen LogP contribution in [0, 0.1) is 0 Å². The third kappa shape index (κ3) is 2.49. The van der Waals surface area contributed by atoms with Crippen molar-refractivity contribution in [3.8, 4) is 0 Å². The second-order valence-corrected chi connectivity index (χ2v) is 6.21. The molecule has 1 amide bonds. The van der Waals surface area contributed by atoms with Crippen LogP contribution >= 0.6 is 11.3 Å². The predicted molar refractivity (Wildman–Crippen MR) is 87.9 cm³/mol. The Labute approximate surface area is 135 Å². The number of amides is 1. The molecule has 0 spiro atoms. The van der Waals surface area contributed by atoms with E-state index in [1.54, 1.807) is 4.90 Å². The van der Waals surface area contributed by atoms with E-state index in [0.717, 1.165) is 5.69 Å². The van der Waals surface area contributed by atoms with Gasteiger partial charge in [0.2, 0.25) is 0 Å². The zero-order chi connectivity index (χ0) is 15.8. The number of nitrogens with zero attached hydrogens (tertiary/aromatic N) is 3. The summed E-state index contributed by atoms with van der Waals surface area (Å²) >= 11 is 1.37. The minimum absolute atomic E-state index is 0.0980. The molecule has 1 aromatic carbocycles. The molecule has 3 heterocycles. The van der Waals surface area contributed by atoms with Gasteiger partial charge in [0.1, 0.15) is 10.8 Å². The first-order valence-electron chi connectivity index (χ1n) is 7.18. The van der Waals surface area contributed by atoms with Gasteiger partial charge >= 0.3 is 6.09 Å². The van der Waals surface area contributed by atoms with Gasteiger partial charge in [-0.2, -0.15) is 0 Å². The Kier molecular flexibility index (Phi) is 3.34. The number of carbonyl (C=O) groups is 1. The predicted octanol–water partition coefficient (Wildman–Crippen LogP) is 2.48. The molecule has 23 heavy (non-hydrogen) atoms. The Morgan fingerprint density at radius 3 is 2.87 bits per heavy atom. The molecule has 0 radical (unpaired) electrons. The van der Waals surface area contributed by atoms with Crippen molar-refractivity contribution in [2.45, 2.75) is 12.6 Å². The van der Waals surface area contributed by atoms with Crippen LogP contribution in [-0.2, 0) is 11.3 Å². The van der Waals surface area contributed by atoms with Crippen LogP contribution in [0.1, 0.15) is 0 Å². The van der Waals surface area contributed by atoms with E-state index >= 15 is 0 Å². The second kappa shape index (κ2) is 5.51. The second-order valence-electron chi connectivity index (χ2n) is 5.29. The van der Waals surface area contributed by atoms with Gasteiger partial charge in [0.15, 0.2) is 0 Å². The first kappa shape index (κ1) is 14.0. The van der Waals surface area contributed by atoms with Crippen molar-refractivity contribution in [1.82, 2.24) is 9.55 Å². The SMILES string of the molecule is O=C1O[C@@H](Cn2cnc3ccsc3c2=O)CN1c1ccccc1. The molecule has 0 saturated carbocycles. The molecular formula is C16H13N3O3S. The summed E-state index contributed by atoms with van der Waals surface area (Å²) in [5, 5.41) is 1.84. The first-order chi connectivity index (χ1) is 11.2. The molecule has 7 heteroatoms. The lowest BCUT2D eigenvalue weighted by Crippen LogP contribution is -2.29. The Bertz CT molecular complexity index is 919. The average Bonchev–Trinajstić information content (AvgIpc) is 3.18. The lowest BCUT2D eigenvalue weighted by molar-refractivity contribution is 0.131. The summed E-state index contributed by atoms with van der Waals surface area (Å²) in [5.41, 5.74) is 1.39. The summed E-state index contributed by atoms with van der Waals surface area (Å²) in [6.07, 6.45) is 0.746. The molecular weight excluding hydrogens is 314 g/mol. The van der Waals surface area contributed by atoms with Crippen LogP contribution in [0.15, 0.2) is 52.9 Å². The smallest absolute Gasteiger partial charge is 0.414 e. The fourth-order valence-electron chi connectivity index (χ4n) is 2.66. The number of ether oxygens (including phenoxy) is 1. The van der Waals surface area contributed by atoms with Crippen LogP contribution in [0.3, 0.4) is 0 Å². The minimum atomic E-state index is -0.389. The summed E-state index contributed by atoms with van der Waals surface area (Å²) in [6.45, 7) is 0.715. The van der Waals surface area contributed by atoms with Crippen LogP contribution in [0.25, 0.3) is 10.2 Å². The van der Waals surface area contributed by atoms with Crippen molar-refractivity contribution in [3.05, 3.63) is 58.5 Å². The van der Waals surface area contributed by atoms with Gasteiger partial charge in [-0.3, -0.25) is 14.3 Å². The lowest BCUT2D eigenvalue weighted by atomic mass is 10.2. The van der Waals surface area contributed by atoms with Gasteiger partial charge < -0.3 is 4.74 Å². The number of carbonyl (C=O) groups excluding carboxylic acids is 1. The zero-order valence-corrected chi connectivity index (χ0v) is 12.9. The summed E-state index contributed by atoms with van der Waals surface area (Å²) in [6, 6.07) is 11.2. The highest BCUT2D eigenvalue weighted by Gasteiger charge is 2.32. The van der Waals surface area contributed by atoms with E-state index in [9.17, 15) is 9.59 Å². The Hall–Kier alpha value is -2.67. The molecule has 1 saturated heterocycles. The Morgan fingerprint density at radius 1 is 1.22 bits per heavy atom. The van der Waals surface area contributed by atoms with Crippen LogP contribution in [0.2, 0.25) is 0 Å². The van der Waals surface area contributed by atoms with Gasteiger partial charge in [-0.05, 0) is 23.6 Å². The standard InChI is InChI=1S/C16H13N3O3S/c20-15-14-13(6-7-23-14)17-10-18(15)8-12-9-19(16(21)22-12)11-4-2-1-3-5-11/h1-7,10,12H,8-9H2/t12-/m0/s1. The summed E-state index contributed by atoms with van der Waals surface area (Å²) in [5.74, 6) is 0. The Balaban J connectivity index is 1.57. The third-order valence-corrected chi connectivity index (χ3v) is 4.67. The maximum Gasteiger partial charge on any atom is 0.414 e. The summed E-state index contributed by atoms with van der Waals surface area (Å²) in [4.78, 5) is 30.3. The number of fused-ring (bicyclic) bond motifs is 1. The number of cyclic esters (lactones) is 1. The normalized spacial score (nSPS) is 17.7. The average molecular weight is 327 g/mol. The number of rotatable bonds is 3. The molecule has 3 aromatic rings. The molecule has 1 aliphatic rings. The van der Waals surface area contributed by atoms with Gasteiger partial charge in [-0.15, -0.1) is 11.3 Å². The van der Waals surface area contributed by atoms with Crippen molar-refractivity contribution < 1.29 is 9.53 Å². The van der Waals surface area contributed by atoms with E-state index in [1.165, 1.54) is 22.2 Å². The van der Waals surface area contributed by atoms with Crippen molar-refractivity contribution in [1.29, 1.82) is 0 Å². The summed E-state index contributed by atoms with van der Waals surface area (Å²) < 4.78 is 7.51. The number of hydrogen-bond acceptors (Lipinski definition) is 5. The largest absolute Gasteiger partial charge is 0.442 e. The van der Waals surface area contributed by atoms with Crippen molar-refractivity contribution in [3.63, 3.8) is 0 Å². The summed E-state index contributed by atoms with van der Waals surface area (Å²) in [7, 11) is 0. The van der Waals surface area contributed by atoms with E-state index in [1.807, 2.05) is 41.8 Å². The fourth-order valence-corrected chi connectivity index (χ4v) is 3.46. The van der Waals surface area contributed by atoms with Gasteiger partial charge in [-0.25, -0.2) is 9.78 Å². The number of benzene rings is 1. The molecule has 1 atom stereocenters. The maximum atomic E-state index is 12.4. The van der Waals surface area contributed by atoms with Crippen LogP contribution in [0.4, 0.5) is 10.5 Å². The highest BCUT2D eigenvalue weighted by Crippen LogP contribution is 2.22. The third-order valence-electron chi connectivity index (χ3n) is 3.78. The van der Waals surface area contributed by atoms with E-state index < -0.39 is 0 Å². The highest BCUT2D eigenvalue weighted by molar-refractivity contribution is 7.17. The monoisotopic (exact) mass is 327 g/mol. The van der Waals surface area contributed by atoms with Crippen LogP contribution in [0.5, 0.6) is 0 Å². The fraction of sp³-hybridized carbons (Fsp3) is 0.188. The zero-order valence-electron chi connectivity index (χ0n) is 12.1. The van der Waals surface area contributed by atoms with Crippen molar-refractivity contribution in [2.75, 3.05) is 11.4 Å². The lowest BCUT2D eigenvalue weighted by Gasteiger charge is -2.12. The first-order valence-corrected chi connectivity index (χ1v) is 8.06. The van der Waals surface area contributed by atoms with E-state index in [4.69, 9.17) is 4.74 Å². The maximum absolute atomic E-state index is 12.4. The van der Waals surface area contributed by atoms with Gasteiger partial charge in [0.05, 0.1) is 24.9 Å². The molecule has 4 rings (SSSR count). The molecule has 0 bridgehead atoms. The molecule has 0 N–H and O–H groups in total. The van der Waals surface area contributed by atoms with E-state index in [2.05, 4.69) is 4.98 Å². The number of para-hydroxylation sites is 1. The number of aromatic nitrogens is 2. The van der Waals surface area contributed by atoms with E-state index in [-0.39, 0.29) is 17.8 Å². The topological polar surface area (TPSA) is 64.4 Å². The number of anilines is 1.